The lowest BCUT2D eigenvalue weighted by molar-refractivity contribution is -0.115. The van der Waals surface area contributed by atoms with Crippen molar-refractivity contribution in [3.05, 3.63) is 53.6 Å². The molecule has 0 saturated heterocycles. The molecule has 2 aromatic rings. The molecular formula is C21H25NO3. The highest BCUT2D eigenvalue weighted by molar-refractivity contribution is 5.92. The first kappa shape index (κ1) is 17.3. The van der Waals surface area contributed by atoms with Gasteiger partial charge in [-0.05, 0) is 55.9 Å². The number of carbonyl (C=O) groups is 1. The van der Waals surface area contributed by atoms with Crippen molar-refractivity contribution >= 4 is 11.6 Å². The summed E-state index contributed by atoms with van der Waals surface area (Å²) in [4.78, 5) is 12.4. The van der Waals surface area contributed by atoms with E-state index in [9.17, 15) is 4.79 Å². The molecule has 3 rings (SSSR count). The maximum atomic E-state index is 12.4. The summed E-state index contributed by atoms with van der Waals surface area (Å²) in [5.41, 5.74) is 2.89. The predicted molar refractivity (Wildman–Crippen MR) is 99.4 cm³/mol. The quantitative estimate of drug-likeness (QED) is 0.842. The number of benzene rings is 2. The van der Waals surface area contributed by atoms with Crippen LogP contribution in [0.3, 0.4) is 0 Å². The molecule has 0 heterocycles. The molecule has 1 aliphatic rings. The van der Waals surface area contributed by atoms with Gasteiger partial charge in [0.15, 0.2) is 11.5 Å². The van der Waals surface area contributed by atoms with E-state index < -0.39 is 0 Å². The summed E-state index contributed by atoms with van der Waals surface area (Å²) in [7, 11) is 1.63. The van der Waals surface area contributed by atoms with E-state index in [0.29, 0.717) is 17.9 Å². The van der Waals surface area contributed by atoms with E-state index in [-0.39, 0.29) is 12.0 Å². The van der Waals surface area contributed by atoms with Crippen molar-refractivity contribution in [1.29, 1.82) is 0 Å². The van der Waals surface area contributed by atoms with Gasteiger partial charge in [-0.15, -0.1) is 0 Å². The van der Waals surface area contributed by atoms with Crippen LogP contribution in [0.4, 0.5) is 5.69 Å². The second-order valence-corrected chi connectivity index (χ2v) is 6.54. The maximum absolute atomic E-state index is 12.4. The van der Waals surface area contributed by atoms with Crippen molar-refractivity contribution in [2.24, 2.45) is 0 Å². The molecule has 2 aromatic carbocycles. The summed E-state index contributed by atoms with van der Waals surface area (Å²) in [5.74, 6) is 1.36. The normalized spacial score (nSPS) is 14.3. The van der Waals surface area contributed by atoms with E-state index >= 15 is 0 Å². The Kier molecular flexibility index (Phi) is 5.59. The monoisotopic (exact) mass is 339 g/mol. The average molecular weight is 339 g/mol. The zero-order valence-corrected chi connectivity index (χ0v) is 14.9. The minimum atomic E-state index is -0.0358. The third-order valence-corrected chi connectivity index (χ3v) is 4.66. The summed E-state index contributed by atoms with van der Waals surface area (Å²) < 4.78 is 11.5. The molecule has 25 heavy (non-hydrogen) atoms. The Balaban J connectivity index is 1.69. The molecule has 1 fully saturated rings. The number of nitrogens with one attached hydrogen (secondary N) is 1. The van der Waals surface area contributed by atoms with Gasteiger partial charge in [0.1, 0.15) is 0 Å². The van der Waals surface area contributed by atoms with Gasteiger partial charge in [-0.2, -0.15) is 0 Å². The molecule has 0 aliphatic heterocycles. The summed E-state index contributed by atoms with van der Waals surface area (Å²) in [6, 6.07) is 13.5. The first-order valence-electron chi connectivity index (χ1n) is 8.85. The lowest BCUT2D eigenvalue weighted by Gasteiger charge is -2.17. The van der Waals surface area contributed by atoms with Crippen molar-refractivity contribution < 1.29 is 14.3 Å². The molecule has 0 bridgehead atoms. The Labute approximate surface area is 149 Å². The molecule has 4 nitrogen and oxygen atoms in total. The second kappa shape index (κ2) is 8.06. The Morgan fingerprint density at radius 2 is 1.88 bits per heavy atom. The molecule has 0 aromatic heterocycles. The van der Waals surface area contributed by atoms with Crippen LogP contribution in [0.15, 0.2) is 42.5 Å². The van der Waals surface area contributed by atoms with Crippen LogP contribution in [0, 0.1) is 6.92 Å². The van der Waals surface area contributed by atoms with Crippen molar-refractivity contribution in [2.45, 2.75) is 45.1 Å². The molecule has 4 heteroatoms. The summed E-state index contributed by atoms with van der Waals surface area (Å²) in [5, 5.41) is 2.96. The molecule has 132 valence electrons. The van der Waals surface area contributed by atoms with Gasteiger partial charge in [-0.1, -0.05) is 24.3 Å². The fraction of sp³-hybridized carbons (Fsp3) is 0.381. The number of carbonyl (C=O) groups excluding carboxylic acids is 1. The van der Waals surface area contributed by atoms with E-state index in [0.717, 1.165) is 29.7 Å². The van der Waals surface area contributed by atoms with Crippen molar-refractivity contribution in [1.82, 2.24) is 0 Å². The number of hydrogen-bond donors (Lipinski definition) is 1. The largest absolute Gasteiger partial charge is 0.493 e. The summed E-state index contributed by atoms with van der Waals surface area (Å²) in [6.07, 6.45) is 5.17. The molecular weight excluding hydrogens is 314 g/mol. The number of hydrogen-bond acceptors (Lipinski definition) is 3. The first-order valence-corrected chi connectivity index (χ1v) is 8.85. The van der Waals surface area contributed by atoms with Crippen molar-refractivity contribution in [3.63, 3.8) is 0 Å². The molecule has 1 saturated carbocycles. The topological polar surface area (TPSA) is 47.6 Å². The second-order valence-electron chi connectivity index (χ2n) is 6.54. The fourth-order valence-corrected chi connectivity index (χ4v) is 3.22. The number of amides is 1. The molecule has 1 aliphatic carbocycles. The van der Waals surface area contributed by atoms with E-state index in [1.165, 1.54) is 12.8 Å². The average Bonchev–Trinajstić information content (AvgIpc) is 3.10. The number of rotatable bonds is 6. The summed E-state index contributed by atoms with van der Waals surface area (Å²) >= 11 is 0. The smallest absolute Gasteiger partial charge is 0.228 e. The third-order valence-electron chi connectivity index (χ3n) is 4.66. The molecule has 0 radical (unpaired) electrons. The zero-order chi connectivity index (χ0) is 17.6. The van der Waals surface area contributed by atoms with Crippen LogP contribution in [-0.4, -0.2) is 19.1 Å². The minimum absolute atomic E-state index is 0.0358. The van der Waals surface area contributed by atoms with E-state index in [4.69, 9.17) is 9.47 Å². The highest BCUT2D eigenvalue weighted by Gasteiger charge is 2.19. The van der Waals surface area contributed by atoms with Crippen molar-refractivity contribution in [3.8, 4) is 11.5 Å². The number of ether oxygens (including phenoxy) is 2. The SMILES string of the molecule is COc1ccc(NC(=O)Cc2ccccc2C)cc1OC1CCCC1. The lowest BCUT2D eigenvalue weighted by Crippen LogP contribution is -2.16. The van der Waals surface area contributed by atoms with Crippen LogP contribution in [0.25, 0.3) is 0 Å². The number of aryl methyl sites for hydroxylation is 1. The Morgan fingerprint density at radius 3 is 2.60 bits per heavy atom. The summed E-state index contributed by atoms with van der Waals surface area (Å²) in [6.45, 7) is 2.02. The van der Waals surface area contributed by atoms with Gasteiger partial charge in [0.05, 0.1) is 19.6 Å². The van der Waals surface area contributed by atoms with Gasteiger partial charge < -0.3 is 14.8 Å². The van der Waals surface area contributed by atoms with E-state index in [1.54, 1.807) is 7.11 Å². The molecule has 1 N–H and O–H groups in total. The molecule has 0 unspecified atom stereocenters. The molecule has 0 spiro atoms. The van der Waals surface area contributed by atoms with Gasteiger partial charge in [0, 0.05) is 11.8 Å². The van der Waals surface area contributed by atoms with Gasteiger partial charge in [-0.3, -0.25) is 4.79 Å². The minimum Gasteiger partial charge on any atom is -0.493 e. The van der Waals surface area contributed by atoms with E-state index in [1.807, 2.05) is 49.4 Å². The van der Waals surface area contributed by atoms with Gasteiger partial charge in [0.2, 0.25) is 5.91 Å². The highest BCUT2D eigenvalue weighted by atomic mass is 16.5. The number of methoxy groups -OCH3 is 1. The Morgan fingerprint density at radius 1 is 1.12 bits per heavy atom. The van der Waals surface area contributed by atoms with Crippen LogP contribution in [-0.2, 0) is 11.2 Å². The predicted octanol–water partition coefficient (Wildman–Crippen LogP) is 4.51. The standard InChI is InChI=1S/C21H25NO3/c1-15-7-3-4-8-16(15)13-21(23)22-17-11-12-19(24-2)20(14-17)25-18-9-5-6-10-18/h3-4,7-8,11-12,14,18H,5-6,9-10,13H2,1-2H3,(H,22,23). The highest BCUT2D eigenvalue weighted by Crippen LogP contribution is 2.34. The first-order chi connectivity index (χ1) is 12.2. The van der Waals surface area contributed by atoms with Crippen LogP contribution in [0.2, 0.25) is 0 Å². The Hall–Kier alpha value is -2.49. The maximum Gasteiger partial charge on any atom is 0.228 e. The Bertz CT molecular complexity index is 736. The number of anilines is 1. The lowest BCUT2D eigenvalue weighted by atomic mass is 10.1. The third kappa shape index (κ3) is 4.53. The van der Waals surface area contributed by atoms with Crippen LogP contribution < -0.4 is 14.8 Å². The van der Waals surface area contributed by atoms with Crippen LogP contribution in [0.5, 0.6) is 11.5 Å². The van der Waals surface area contributed by atoms with E-state index in [2.05, 4.69) is 5.32 Å². The zero-order valence-electron chi connectivity index (χ0n) is 14.9. The molecule has 1 amide bonds. The van der Waals surface area contributed by atoms with Gasteiger partial charge in [-0.25, -0.2) is 0 Å². The molecule has 0 atom stereocenters. The van der Waals surface area contributed by atoms with Crippen LogP contribution >= 0.6 is 0 Å². The van der Waals surface area contributed by atoms with Crippen molar-refractivity contribution in [2.75, 3.05) is 12.4 Å². The fourth-order valence-electron chi connectivity index (χ4n) is 3.22. The van der Waals surface area contributed by atoms with Gasteiger partial charge >= 0.3 is 0 Å². The van der Waals surface area contributed by atoms with Crippen LogP contribution in [0.1, 0.15) is 36.8 Å². The van der Waals surface area contributed by atoms with Gasteiger partial charge in [0.25, 0.3) is 0 Å².